The number of carbonyl (C=O) groups is 1. The van der Waals surface area contributed by atoms with Gasteiger partial charge in [-0.3, -0.25) is 4.79 Å². The number of pyridine rings is 1. The highest BCUT2D eigenvalue weighted by atomic mass is 35.5. The van der Waals surface area contributed by atoms with Crippen molar-refractivity contribution in [1.82, 2.24) is 9.88 Å². The minimum atomic E-state index is -0.404. The molecule has 0 saturated carbocycles. The lowest BCUT2D eigenvalue weighted by molar-refractivity contribution is -0.132. The summed E-state index contributed by atoms with van der Waals surface area (Å²) < 4.78 is 0. The van der Waals surface area contributed by atoms with Crippen LogP contribution in [0.25, 0.3) is 0 Å². The highest BCUT2D eigenvalue weighted by molar-refractivity contribution is 6.36. The molecule has 2 N–H and O–H groups in total. The van der Waals surface area contributed by atoms with E-state index in [0.717, 1.165) is 0 Å². The Bertz CT molecular complexity index is 495. The van der Waals surface area contributed by atoms with Crippen LogP contribution in [0.5, 0.6) is 0 Å². The number of hydrogen-bond donors (Lipinski definition) is 1. The molecular weight excluding hydrogens is 370 g/mol. The topological polar surface area (TPSA) is 62.5 Å². The molecule has 1 amide bonds. The zero-order valence-corrected chi connectivity index (χ0v) is 15.3. The molecule has 1 saturated heterocycles. The van der Waals surface area contributed by atoms with E-state index in [9.17, 15) is 4.79 Å². The molecule has 5 nitrogen and oxygen atoms in total. The second-order valence-corrected chi connectivity index (χ2v) is 5.63. The third-order valence-electron chi connectivity index (χ3n) is 3.44. The molecule has 9 heteroatoms. The van der Waals surface area contributed by atoms with Gasteiger partial charge in [-0.25, -0.2) is 4.98 Å². The Kier molecular flexibility index (Phi) is 9.43. The van der Waals surface area contributed by atoms with Crippen molar-refractivity contribution < 1.29 is 4.79 Å². The van der Waals surface area contributed by atoms with Gasteiger partial charge in [-0.05, 0) is 12.5 Å². The molecule has 1 aromatic rings. The lowest BCUT2D eigenvalue weighted by Gasteiger charge is -2.36. The van der Waals surface area contributed by atoms with E-state index in [1.165, 1.54) is 0 Å². The zero-order chi connectivity index (χ0) is 14.7. The summed E-state index contributed by atoms with van der Waals surface area (Å²) in [6, 6.07) is 1.27. The van der Waals surface area contributed by atoms with Crippen LogP contribution in [0.2, 0.25) is 10.0 Å². The number of rotatable bonds is 3. The van der Waals surface area contributed by atoms with Crippen molar-refractivity contribution in [3.05, 3.63) is 22.3 Å². The molecule has 0 bridgehead atoms. The molecule has 2 rings (SSSR count). The maximum Gasteiger partial charge on any atom is 0.239 e. The molecule has 0 aromatic carbocycles. The van der Waals surface area contributed by atoms with Crippen LogP contribution in [0, 0.1) is 0 Å². The van der Waals surface area contributed by atoms with Gasteiger partial charge in [-0.15, -0.1) is 24.8 Å². The van der Waals surface area contributed by atoms with Crippen LogP contribution in [-0.2, 0) is 4.79 Å². The van der Waals surface area contributed by atoms with Crippen molar-refractivity contribution in [1.29, 1.82) is 0 Å². The molecule has 0 spiro atoms. The second kappa shape index (κ2) is 9.63. The second-order valence-electron chi connectivity index (χ2n) is 4.79. The highest BCUT2D eigenvalue weighted by Gasteiger charge is 2.25. The SMILES string of the molecule is CC[C@H](N)C(=O)N1CCN(c2ncc(Cl)cc2Cl)CC1.Cl.Cl. The third-order valence-corrected chi connectivity index (χ3v) is 3.92. The molecule has 0 aliphatic carbocycles. The summed E-state index contributed by atoms with van der Waals surface area (Å²) in [7, 11) is 0. The molecule has 22 heavy (non-hydrogen) atoms. The number of nitrogens with two attached hydrogens (primary N) is 1. The fraction of sp³-hybridized carbons (Fsp3) is 0.538. The first-order valence-electron chi connectivity index (χ1n) is 6.63. The van der Waals surface area contributed by atoms with Crippen molar-refractivity contribution in [2.24, 2.45) is 5.73 Å². The van der Waals surface area contributed by atoms with Crippen molar-refractivity contribution in [2.45, 2.75) is 19.4 Å². The van der Waals surface area contributed by atoms with Crippen LogP contribution in [0.4, 0.5) is 5.82 Å². The van der Waals surface area contributed by atoms with Gasteiger partial charge >= 0.3 is 0 Å². The lowest BCUT2D eigenvalue weighted by atomic mass is 10.2. The summed E-state index contributed by atoms with van der Waals surface area (Å²) >= 11 is 12.0. The van der Waals surface area contributed by atoms with Crippen LogP contribution in [0.3, 0.4) is 0 Å². The molecule has 126 valence electrons. The minimum Gasteiger partial charge on any atom is -0.352 e. The lowest BCUT2D eigenvalue weighted by Crippen LogP contribution is -2.53. The molecule has 1 aliphatic rings. The molecule has 1 atom stereocenters. The third kappa shape index (κ3) is 5.03. The maximum absolute atomic E-state index is 12.0. The average Bonchev–Trinajstić information content (AvgIpc) is 2.46. The summed E-state index contributed by atoms with van der Waals surface area (Å²) in [6.07, 6.45) is 2.23. The van der Waals surface area contributed by atoms with Gasteiger partial charge in [0.05, 0.1) is 16.1 Å². The first-order chi connectivity index (χ1) is 9.52. The predicted molar refractivity (Wildman–Crippen MR) is 95.8 cm³/mol. The number of piperazine rings is 1. The fourth-order valence-electron chi connectivity index (χ4n) is 2.19. The van der Waals surface area contributed by atoms with E-state index < -0.39 is 6.04 Å². The molecular formula is C13H20Cl4N4O. The molecule has 1 aliphatic heterocycles. The Morgan fingerprint density at radius 3 is 2.41 bits per heavy atom. The number of amides is 1. The number of halogens is 4. The monoisotopic (exact) mass is 388 g/mol. The van der Waals surface area contributed by atoms with Gasteiger partial charge in [-0.2, -0.15) is 0 Å². The Morgan fingerprint density at radius 2 is 1.91 bits per heavy atom. The Labute approximate surface area is 152 Å². The maximum atomic E-state index is 12.0. The highest BCUT2D eigenvalue weighted by Crippen LogP contribution is 2.26. The summed E-state index contributed by atoms with van der Waals surface area (Å²) in [6.45, 7) is 4.56. The van der Waals surface area contributed by atoms with E-state index in [1.807, 2.05) is 6.92 Å². The minimum absolute atomic E-state index is 0. The fourth-order valence-corrected chi connectivity index (χ4v) is 2.69. The van der Waals surface area contributed by atoms with E-state index in [0.29, 0.717) is 48.5 Å². The van der Waals surface area contributed by atoms with Crippen molar-refractivity contribution >= 4 is 59.7 Å². The largest absolute Gasteiger partial charge is 0.352 e. The van der Waals surface area contributed by atoms with Crippen molar-refractivity contribution in [3.63, 3.8) is 0 Å². The van der Waals surface area contributed by atoms with Gasteiger partial charge in [0.2, 0.25) is 5.91 Å². The average molecular weight is 390 g/mol. The Morgan fingerprint density at radius 1 is 1.32 bits per heavy atom. The first-order valence-corrected chi connectivity index (χ1v) is 7.39. The van der Waals surface area contributed by atoms with E-state index >= 15 is 0 Å². The van der Waals surface area contributed by atoms with Gasteiger partial charge in [0.1, 0.15) is 5.82 Å². The number of hydrogen-bond acceptors (Lipinski definition) is 4. The molecule has 1 aromatic heterocycles. The quantitative estimate of drug-likeness (QED) is 0.862. The van der Waals surface area contributed by atoms with Gasteiger partial charge < -0.3 is 15.5 Å². The van der Waals surface area contributed by atoms with E-state index in [-0.39, 0.29) is 30.7 Å². The van der Waals surface area contributed by atoms with Crippen molar-refractivity contribution in [2.75, 3.05) is 31.1 Å². The smallest absolute Gasteiger partial charge is 0.239 e. The summed E-state index contributed by atoms with van der Waals surface area (Å²) in [5, 5.41) is 1.05. The molecule has 2 heterocycles. The van der Waals surface area contributed by atoms with Crippen LogP contribution in [-0.4, -0.2) is 48.0 Å². The van der Waals surface area contributed by atoms with Gasteiger partial charge in [0, 0.05) is 32.4 Å². The van der Waals surface area contributed by atoms with Crippen LogP contribution >= 0.6 is 48.0 Å². The van der Waals surface area contributed by atoms with Crippen LogP contribution < -0.4 is 10.6 Å². The van der Waals surface area contributed by atoms with Gasteiger partial charge in [-0.1, -0.05) is 30.1 Å². The first kappa shape index (κ1) is 21.5. The van der Waals surface area contributed by atoms with Crippen LogP contribution in [0.1, 0.15) is 13.3 Å². The molecule has 0 radical (unpaired) electrons. The normalized spacial score (nSPS) is 15.6. The number of anilines is 1. The summed E-state index contributed by atoms with van der Waals surface area (Å²) in [5.74, 6) is 0.727. The van der Waals surface area contributed by atoms with Crippen LogP contribution in [0.15, 0.2) is 12.3 Å². The van der Waals surface area contributed by atoms with E-state index in [2.05, 4.69) is 9.88 Å². The number of carbonyl (C=O) groups excluding carboxylic acids is 1. The summed E-state index contributed by atoms with van der Waals surface area (Å²) in [5.41, 5.74) is 5.78. The van der Waals surface area contributed by atoms with Gasteiger partial charge in [0.25, 0.3) is 0 Å². The Hall–Kier alpha value is -0.460. The van der Waals surface area contributed by atoms with E-state index in [1.54, 1.807) is 17.2 Å². The standard InChI is InChI=1S/C13H18Cl2N4O.2ClH/c1-2-11(16)13(20)19-5-3-18(4-6-19)12-10(15)7-9(14)8-17-12;;/h7-8,11H,2-6,16H2,1H3;2*1H/t11-;;/m0../s1. The summed E-state index contributed by atoms with van der Waals surface area (Å²) in [4.78, 5) is 20.1. The predicted octanol–water partition coefficient (Wildman–Crippen LogP) is 2.62. The van der Waals surface area contributed by atoms with E-state index in [4.69, 9.17) is 28.9 Å². The van der Waals surface area contributed by atoms with Crippen molar-refractivity contribution in [3.8, 4) is 0 Å². The van der Waals surface area contributed by atoms with Gasteiger partial charge in [0.15, 0.2) is 0 Å². The Balaban J connectivity index is 0.00000220. The molecule has 0 unspecified atom stereocenters. The number of aromatic nitrogens is 1. The number of nitrogens with zero attached hydrogens (tertiary/aromatic N) is 3. The molecule has 1 fully saturated rings. The zero-order valence-electron chi connectivity index (χ0n) is 12.2.